The van der Waals surface area contributed by atoms with Crippen LogP contribution in [0.4, 0.5) is 0 Å². The molecular weight excluding hydrogens is 216 g/mol. The van der Waals surface area contributed by atoms with Gasteiger partial charge in [-0.05, 0) is 26.2 Å². The maximum absolute atomic E-state index is 2.42. The van der Waals surface area contributed by atoms with Crippen LogP contribution in [0.5, 0.6) is 0 Å². The van der Waals surface area contributed by atoms with E-state index in [4.69, 9.17) is 0 Å². The lowest BCUT2D eigenvalue weighted by Crippen LogP contribution is -1.82. The average molecular weight is 252 g/mol. The lowest BCUT2D eigenvalue weighted by atomic mass is 10.0. The van der Waals surface area contributed by atoms with Crippen LogP contribution in [0.2, 0.25) is 0 Å². The van der Waals surface area contributed by atoms with Crippen LogP contribution < -0.4 is 0 Å². The zero-order valence-corrected chi connectivity index (χ0v) is 13.3. The lowest BCUT2D eigenvalue weighted by Gasteiger charge is -2.02. The first kappa shape index (κ1) is 17.7. The Hall–Kier alpha value is -0.260. The summed E-state index contributed by atoms with van der Waals surface area (Å²) >= 11 is 0. The molecule has 0 bridgehead atoms. The average Bonchev–Trinajstić information content (AvgIpc) is 2.39. The van der Waals surface area contributed by atoms with Crippen LogP contribution >= 0.6 is 0 Å². The number of allylic oxidation sites excluding steroid dienone is 2. The van der Waals surface area contributed by atoms with Gasteiger partial charge < -0.3 is 0 Å². The van der Waals surface area contributed by atoms with Crippen LogP contribution in [0.15, 0.2) is 11.6 Å². The van der Waals surface area contributed by atoms with Crippen molar-refractivity contribution in [3.05, 3.63) is 11.6 Å². The third-order valence-electron chi connectivity index (χ3n) is 3.86. The third kappa shape index (κ3) is 13.8. The van der Waals surface area contributed by atoms with Crippen molar-refractivity contribution >= 4 is 0 Å². The molecule has 0 saturated carbocycles. The molecule has 0 nitrogen and oxygen atoms in total. The molecule has 0 amide bonds. The molecule has 0 aromatic heterocycles. The van der Waals surface area contributed by atoms with Gasteiger partial charge in [0.15, 0.2) is 0 Å². The summed E-state index contributed by atoms with van der Waals surface area (Å²) in [5, 5.41) is 0. The van der Waals surface area contributed by atoms with Gasteiger partial charge in [0.2, 0.25) is 0 Å². The minimum atomic E-state index is 1.22. The van der Waals surface area contributed by atoms with Gasteiger partial charge >= 0.3 is 0 Å². The maximum Gasteiger partial charge on any atom is -0.0348 e. The van der Waals surface area contributed by atoms with Crippen molar-refractivity contribution in [2.45, 2.75) is 104 Å². The third-order valence-corrected chi connectivity index (χ3v) is 3.86. The molecule has 0 heterocycles. The molecule has 0 fully saturated rings. The van der Waals surface area contributed by atoms with Crippen molar-refractivity contribution in [2.24, 2.45) is 0 Å². The molecule has 0 saturated heterocycles. The van der Waals surface area contributed by atoms with E-state index in [1.54, 1.807) is 5.57 Å². The Morgan fingerprint density at radius 1 is 0.667 bits per heavy atom. The van der Waals surface area contributed by atoms with Gasteiger partial charge in [-0.15, -0.1) is 0 Å². The molecule has 0 unspecified atom stereocenters. The molecule has 108 valence electrons. The molecule has 0 aromatic rings. The van der Waals surface area contributed by atoms with Crippen LogP contribution in [0, 0.1) is 0 Å². The van der Waals surface area contributed by atoms with Crippen LogP contribution in [-0.2, 0) is 0 Å². The molecule has 0 radical (unpaired) electrons. The van der Waals surface area contributed by atoms with Crippen molar-refractivity contribution in [1.82, 2.24) is 0 Å². The zero-order chi connectivity index (χ0) is 13.5. The second-order valence-electron chi connectivity index (χ2n) is 5.73. The number of hydrogen-bond donors (Lipinski definition) is 0. The van der Waals surface area contributed by atoms with Gasteiger partial charge in [-0.2, -0.15) is 0 Å². The Morgan fingerprint density at radius 2 is 1.11 bits per heavy atom. The second-order valence-corrected chi connectivity index (χ2v) is 5.73. The van der Waals surface area contributed by atoms with Crippen LogP contribution in [0.25, 0.3) is 0 Å². The summed E-state index contributed by atoms with van der Waals surface area (Å²) in [5.41, 5.74) is 1.56. The van der Waals surface area contributed by atoms with Crippen LogP contribution in [0.3, 0.4) is 0 Å². The minimum absolute atomic E-state index is 1.22. The van der Waals surface area contributed by atoms with E-state index in [9.17, 15) is 0 Å². The fraction of sp³-hybridized carbons (Fsp3) is 0.889. The van der Waals surface area contributed by atoms with Crippen LogP contribution in [0.1, 0.15) is 104 Å². The molecule has 0 heteroatoms. The smallest absolute Gasteiger partial charge is 0.0348 e. The van der Waals surface area contributed by atoms with Gasteiger partial charge in [0.25, 0.3) is 0 Å². The van der Waals surface area contributed by atoms with Gasteiger partial charge in [0, 0.05) is 0 Å². The summed E-state index contributed by atoms with van der Waals surface area (Å²) in [6.45, 7) is 6.78. The first-order valence-corrected chi connectivity index (χ1v) is 8.46. The summed E-state index contributed by atoms with van der Waals surface area (Å²) < 4.78 is 0. The Bertz CT molecular complexity index is 178. The number of hydrogen-bond acceptors (Lipinski definition) is 0. The summed E-state index contributed by atoms with van der Waals surface area (Å²) in [7, 11) is 0. The van der Waals surface area contributed by atoms with E-state index in [0.717, 1.165) is 0 Å². The minimum Gasteiger partial charge on any atom is -0.0856 e. The second kappa shape index (κ2) is 14.8. The van der Waals surface area contributed by atoms with Crippen molar-refractivity contribution in [3.8, 4) is 0 Å². The summed E-state index contributed by atoms with van der Waals surface area (Å²) in [6, 6.07) is 0. The standard InChI is InChI=1S/C18H36/c1-4-6-7-8-9-10-11-12-13-14-15-16-17-18(3)5-2/h17H,4-16H2,1-3H3/b18-17-. The van der Waals surface area contributed by atoms with Crippen molar-refractivity contribution in [1.29, 1.82) is 0 Å². The van der Waals surface area contributed by atoms with Gasteiger partial charge in [-0.25, -0.2) is 0 Å². The van der Waals surface area contributed by atoms with Gasteiger partial charge in [-0.3, -0.25) is 0 Å². The monoisotopic (exact) mass is 252 g/mol. The first-order valence-electron chi connectivity index (χ1n) is 8.46. The molecule has 0 aliphatic rings. The quantitative estimate of drug-likeness (QED) is 0.243. The molecule has 0 aromatic carbocycles. The summed E-state index contributed by atoms with van der Waals surface area (Å²) in [5.74, 6) is 0. The Morgan fingerprint density at radius 3 is 1.56 bits per heavy atom. The van der Waals surface area contributed by atoms with E-state index in [0.29, 0.717) is 0 Å². The predicted octanol–water partition coefficient (Wildman–Crippen LogP) is 7.04. The maximum atomic E-state index is 2.42. The molecule has 0 spiro atoms. The zero-order valence-electron chi connectivity index (χ0n) is 13.3. The molecule has 0 atom stereocenters. The fourth-order valence-electron chi connectivity index (χ4n) is 2.30. The molecule has 0 N–H and O–H groups in total. The van der Waals surface area contributed by atoms with Crippen LogP contribution in [-0.4, -0.2) is 0 Å². The van der Waals surface area contributed by atoms with Crippen molar-refractivity contribution < 1.29 is 0 Å². The highest BCUT2D eigenvalue weighted by Gasteiger charge is 1.92. The topological polar surface area (TPSA) is 0 Å². The number of unbranched alkanes of at least 4 members (excludes halogenated alkanes) is 11. The number of rotatable bonds is 13. The fourth-order valence-corrected chi connectivity index (χ4v) is 2.30. The van der Waals surface area contributed by atoms with E-state index in [1.807, 2.05) is 0 Å². The van der Waals surface area contributed by atoms with Gasteiger partial charge in [0.05, 0.1) is 0 Å². The highest BCUT2D eigenvalue weighted by atomic mass is 14.0. The molecule has 18 heavy (non-hydrogen) atoms. The Labute approximate surface area is 116 Å². The highest BCUT2D eigenvalue weighted by molar-refractivity contribution is 4.96. The molecule has 0 aliphatic heterocycles. The van der Waals surface area contributed by atoms with Gasteiger partial charge in [-0.1, -0.05) is 89.7 Å². The first-order chi connectivity index (χ1) is 8.81. The largest absolute Gasteiger partial charge is 0.0856 e. The Balaban J connectivity index is 3.03. The summed E-state index contributed by atoms with van der Waals surface area (Å²) in [6.07, 6.45) is 20.8. The van der Waals surface area contributed by atoms with Crippen molar-refractivity contribution in [2.75, 3.05) is 0 Å². The van der Waals surface area contributed by atoms with E-state index >= 15 is 0 Å². The molecular formula is C18H36. The van der Waals surface area contributed by atoms with Crippen molar-refractivity contribution in [3.63, 3.8) is 0 Å². The Kier molecular flexibility index (Phi) is 14.6. The van der Waals surface area contributed by atoms with E-state index < -0.39 is 0 Å². The summed E-state index contributed by atoms with van der Waals surface area (Å²) in [4.78, 5) is 0. The normalized spacial score (nSPS) is 12.1. The molecule has 0 rings (SSSR count). The highest BCUT2D eigenvalue weighted by Crippen LogP contribution is 2.12. The molecule has 0 aliphatic carbocycles. The van der Waals surface area contributed by atoms with E-state index in [1.165, 1.54) is 83.5 Å². The lowest BCUT2D eigenvalue weighted by molar-refractivity contribution is 0.550. The van der Waals surface area contributed by atoms with E-state index in [-0.39, 0.29) is 0 Å². The van der Waals surface area contributed by atoms with Gasteiger partial charge in [0.1, 0.15) is 0 Å². The SMILES string of the molecule is CCCCCCCCCCCCC/C=C(/C)CC. The predicted molar refractivity (Wildman–Crippen MR) is 85.1 cm³/mol. The van der Waals surface area contributed by atoms with E-state index in [2.05, 4.69) is 26.8 Å².